The van der Waals surface area contributed by atoms with Crippen LogP contribution in [0.15, 0.2) is 39.1 Å². The molecule has 9 heteroatoms. The van der Waals surface area contributed by atoms with E-state index in [-0.39, 0.29) is 29.7 Å². The van der Waals surface area contributed by atoms with Crippen LogP contribution in [0.1, 0.15) is 47.0 Å². The Labute approximate surface area is 193 Å². The van der Waals surface area contributed by atoms with Gasteiger partial charge in [-0.1, -0.05) is 6.07 Å². The molecule has 1 saturated heterocycles. The number of likely N-dealkylation sites (tertiary alicyclic amines) is 1. The van der Waals surface area contributed by atoms with Crippen molar-refractivity contribution in [2.24, 2.45) is 16.6 Å². The second-order valence-electron chi connectivity index (χ2n) is 7.05. The van der Waals surface area contributed by atoms with Gasteiger partial charge in [0.15, 0.2) is 11.7 Å². The van der Waals surface area contributed by atoms with E-state index in [1.807, 2.05) is 18.3 Å². The Hall–Kier alpha value is -1.59. The van der Waals surface area contributed by atoms with E-state index >= 15 is 0 Å². The molecule has 0 radical (unpaired) electrons. The summed E-state index contributed by atoms with van der Waals surface area (Å²) in [5.74, 6) is 1.47. The van der Waals surface area contributed by atoms with Crippen LogP contribution in [-0.4, -0.2) is 43.4 Å². The molecule has 160 valence electrons. The number of guanidine groups is 1. The van der Waals surface area contributed by atoms with Gasteiger partial charge in [0.05, 0.1) is 0 Å². The molecule has 7 nitrogen and oxygen atoms in total. The number of nitrogens with two attached hydrogens (primary N) is 1. The number of amides is 1. The first-order chi connectivity index (χ1) is 13.6. The lowest BCUT2D eigenvalue weighted by Gasteiger charge is -2.39. The van der Waals surface area contributed by atoms with Gasteiger partial charge in [-0.2, -0.15) is 0 Å². The lowest BCUT2D eigenvalue weighted by atomic mass is 9.88. The minimum atomic E-state index is -0.568. The van der Waals surface area contributed by atoms with E-state index in [9.17, 15) is 4.79 Å². The average molecular weight is 531 g/mol. The third kappa shape index (κ3) is 6.45. The molecule has 1 amide bonds. The SMILES string of the molecule is CCNC(=NCc1ccc(C(N)=O)o1)NCC1CCCN(C)C1c1cccs1.I. The second-order valence-corrected chi connectivity index (χ2v) is 8.03. The summed E-state index contributed by atoms with van der Waals surface area (Å²) in [7, 11) is 2.21. The Kier molecular flexibility index (Phi) is 9.44. The van der Waals surface area contributed by atoms with Gasteiger partial charge < -0.3 is 20.8 Å². The second kappa shape index (κ2) is 11.6. The predicted molar refractivity (Wildman–Crippen MR) is 128 cm³/mol. The highest BCUT2D eigenvalue weighted by molar-refractivity contribution is 14.0. The molecule has 0 spiro atoms. The lowest BCUT2D eigenvalue weighted by molar-refractivity contribution is 0.0972. The Morgan fingerprint density at radius 2 is 2.21 bits per heavy atom. The molecule has 3 rings (SSSR count). The number of carbonyl (C=O) groups excluding carboxylic acids is 1. The minimum Gasteiger partial charge on any atom is -0.454 e. The fourth-order valence-corrected chi connectivity index (χ4v) is 4.69. The highest BCUT2D eigenvalue weighted by Gasteiger charge is 2.31. The zero-order valence-corrected chi connectivity index (χ0v) is 20.0. The molecule has 2 aromatic heterocycles. The minimum absolute atomic E-state index is 0. The molecule has 3 heterocycles. The molecule has 4 N–H and O–H groups in total. The van der Waals surface area contributed by atoms with Gasteiger partial charge in [-0.3, -0.25) is 9.69 Å². The topological polar surface area (TPSA) is 95.9 Å². The van der Waals surface area contributed by atoms with Gasteiger partial charge in [0.25, 0.3) is 5.91 Å². The van der Waals surface area contributed by atoms with Crippen molar-refractivity contribution in [2.75, 3.05) is 26.7 Å². The molecule has 0 bridgehead atoms. The van der Waals surface area contributed by atoms with E-state index in [2.05, 4.69) is 45.1 Å². The van der Waals surface area contributed by atoms with Crippen molar-refractivity contribution in [3.05, 3.63) is 46.0 Å². The third-order valence-corrected chi connectivity index (χ3v) is 5.96. The molecule has 29 heavy (non-hydrogen) atoms. The van der Waals surface area contributed by atoms with Gasteiger partial charge in [0.2, 0.25) is 0 Å². The summed E-state index contributed by atoms with van der Waals surface area (Å²) in [4.78, 5) is 19.6. The first-order valence-corrected chi connectivity index (χ1v) is 10.6. The van der Waals surface area contributed by atoms with Crippen LogP contribution in [0.4, 0.5) is 0 Å². The largest absolute Gasteiger partial charge is 0.454 e. The molecular formula is C20H30IN5O2S. The Morgan fingerprint density at radius 3 is 2.86 bits per heavy atom. The van der Waals surface area contributed by atoms with Crippen LogP contribution in [0.3, 0.4) is 0 Å². The predicted octanol–water partition coefficient (Wildman–Crippen LogP) is 3.20. The van der Waals surface area contributed by atoms with Crippen molar-refractivity contribution in [2.45, 2.75) is 32.4 Å². The van der Waals surface area contributed by atoms with Crippen molar-refractivity contribution in [1.29, 1.82) is 0 Å². The summed E-state index contributed by atoms with van der Waals surface area (Å²) in [5.41, 5.74) is 5.23. The Morgan fingerprint density at radius 1 is 1.38 bits per heavy atom. The summed E-state index contributed by atoms with van der Waals surface area (Å²) in [6.07, 6.45) is 2.40. The van der Waals surface area contributed by atoms with Crippen LogP contribution >= 0.6 is 35.3 Å². The number of piperidine rings is 1. The normalized spacial score (nSPS) is 20.1. The first kappa shape index (κ1) is 23.7. The van der Waals surface area contributed by atoms with E-state index in [4.69, 9.17) is 10.2 Å². The van der Waals surface area contributed by atoms with Crippen LogP contribution in [0.2, 0.25) is 0 Å². The van der Waals surface area contributed by atoms with Crippen LogP contribution in [0.25, 0.3) is 0 Å². The molecule has 1 aliphatic rings. The molecule has 0 aliphatic carbocycles. The van der Waals surface area contributed by atoms with Crippen molar-refractivity contribution in [3.8, 4) is 0 Å². The van der Waals surface area contributed by atoms with Gasteiger partial charge >= 0.3 is 0 Å². The zero-order chi connectivity index (χ0) is 19.9. The molecule has 1 fully saturated rings. The standard InChI is InChI=1S/C20H29N5O2S.HI/c1-3-22-20(24-13-15-8-9-16(27-15)19(21)26)23-12-14-6-4-10-25(2)18(14)17-7-5-11-28-17;/h5,7-9,11,14,18H,3-4,6,10,12-13H2,1-2H3,(H2,21,26)(H2,22,23,24);1H. The molecule has 0 aromatic carbocycles. The highest BCUT2D eigenvalue weighted by atomic mass is 127. The summed E-state index contributed by atoms with van der Waals surface area (Å²) >= 11 is 1.83. The van der Waals surface area contributed by atoms with Crippen LogP contribution in [0.5, 0.6) is 0 Å². The van der Waals surface area contributed by atoms with Gasteiger partial charge in [0, 0.05) is 24.0 Å². The zero-order valence-electron chi connectivity index (χ0n) is 16.9. The maximum Gasteiger partial charge on any atom is 0.284 e. The Bertz CT molecular complexity index is 793. The number of rotatable bonds is 7. The summed E-state index contributed by atoms with van der Waals surface area (Å²) < 4.78 is 5.41. The maximum atomic E-state index is 11.2. The van der Waals surface area contributed by atoms with E-state index in [1.165, 1.54) is 17.7 Å². The number of furan rings is 1. The summed E-state index contributed by atoms with van der Waals surface area (Å²) in [6, 6.07) is 8.11. The third-order valence-electron chi connectivity index (χ3n) is 5.02. The monoisotopic (exact) mass is 531 g/mol. The average Bonchev–Trinajstić information content (AvgIpc) is 3.36. The number of hydrogen-bond donors (Lipinski definition) is 3. The van der Waals surface area contributed by atoms with E-state index in [1.54, 1.807) is 12.1 Å². The van der Waals surface area contributed by atoms with Gasteiger partial charge in [-0.05, 0) is 62.9 Å². The fraction of sp³-hybridized carbons (Fsp3) is 0.500. The van der Waals surface area contributed by atoms with Crippen LogP contribution in [-0.2, 0) is 6.54 Å². The smallest absolute Gasteiger partial charge is 0.284 e. The van der Waals surface area contributed by atoms with E-state index < -0.39 is 5.91 Å². The van der Waals surface area contributed by atoms with Crippen LogP contribution < -0.4 is 16.4 Å². The number of primary amides is 1. The van der Waals surface area contributed by atoms with Crippen molar-refractivity contribution in [1.82, 2.24) is 15.5 Å². The van der Waals surface area contributed by atoms with Crippen molar-refractivity contribution >= 4 is 47.2 Å². The first-order valence-electron chi connectivity index (χ1n) is 9.72. The molecular weight excluding hydrogens is 501 g/mol. The number of hydrogen-bond acceptors (Lipinski definition) is 5. The number of carbonyl (C=O) groups is 1. The highest BCUT2D eigenvalue weighted by Crippen LogP contribution is 2.36. The number of nitrogens with zero attached hydrogens (tertiary/aromatic N) is 2. The van der Waals surface area contributed by atoms with E-state index in [0.717, 1.165) is 25.6 Å². The molecule has 0 saturated carbocycles. The van der Waals surface area contributed by atoms with Crippen molar-refractivity contribution in [3.63, 3.8) is 0 Å². The summed E-state index contributed by atoms with van der Waals surface area (Å²) in [5, 5.41) is 8.91. The van der Waals surface area contributed by atoms with Gasteiger partial charge in [-0.25, -0.2) is 4.99 Å². The van der Waals surface area contributed by atoms with Crippen LogP contribution in [0, 0.1) is 5.92 Å². The number of halogens is 1. The molecule has 2 unspecified atom stereocenters. The van der Waals surface area contributed by atoms with E-state index in [0.29, 0.717) is 24.3 Å². The maximum absolute atomic E-state index is 11.2. The number of aliphatic imine (C=N–C) groups is 1. The molecule has 2 aromatic rings. The fourth-order valence-electron chi connectivity index (χ4n) is 3.70. The Balaban J connectivity index is 0.00000300. The van der Waals surface area contributed by atoms with Gasteiger partial charge in [0.1, 0.15) is 12.3 Å². The number of nitrogens with one attached hydrogen (secondary N) is 2. The quantitative estimate of drug-likeness (QED) is 0.290. The van der Waals surface area contributed by atoms with Crippen molar-refractivity contribution < 1.29 is 9.21 Å². The van der Waals surface area contributed by atoms with Gasteiger partial charge in [-0.15, -0.1) is 35.3 Å². The summed E-state index contributed by atoms with van der Waals surface area (Å²) in [6.45, 7) is 5.15. The number of thiophene rings is 1. The molecule has 1 aliphatic heterocycles. The lowest BCUT2D eigenvalue weighted by Crippen LogP contribution is -2.44. The molecule has 2 atom stereocenters.